The minimum Gasteiger partial charge on any atom is -0.369 e. The summed E-state index contributed by atoms with van der Waals surface area (Å²) in [6.07, 6.45) is 8.53. The molecule has 3 heterocycles. The summed E-state index contributed by atoms with van der Waals surface area (Å²) < 4.78 is 8.29. The molecule has 1 aromatic heterocycles. The first-order valence-electron chi connectivity index (χ1n) is 8.79. The number of urea groups is 1. The molecule has 3 rings (SSSR count). The van der Waals surface area contributed by atoms with Crippen molar-refractivity contribution in [2.75, 3.05) is 33.7 Å². The van der Waals surface area contributed by atoms with Crippen LogP contribution in [0.25, 0.3) is 0 Å². The Balaban J connectivity index is 1.51. The van der Waals surface area contributed by atoms with Gasteiger partial charge in [0.2, 0.25) is 0 Å². The fraction of sp³-hybridized carbons (Fsp3) is 0.765. The Morgan fingerprint density at radius 1 is 1.50 bits per heavy atom. The van der Waals surface area contributed by atoms with Gasteiger partial charge < -0.3 is 15.0 Å². The molecule has 1 aromatic rings. The first-order chi connectivity index (χ1) is 11.5. The second-order valence-electron chi connectivity index (χ2n) is 7.38. The van der Waals surface area contributed by atoms with E-state index in [0.717, 1.165) is 38.9 Å². The van der Waals surface area contributed by atoms with E-state index in [2.05, 4.69) is 21.5 Å². The highest BCUT2D eigenvalue weighted by molar-refractivity contribution is 5.73. The van der Waals surface area contributed by atoms with Crippen molar-refractivity contribution >= 4 is 6.03 Å². The molecule has 0 saturated carbocycles. The number of ether oxygens (including phenoxy) is 1. The Kier molecular flexibility index (Phi) is 5.10. The second kappa shape index (κ2) is 7.11. The summed E-state index contributed by atoms with van der Waals surface area (Å²) in [7, 11) is 5.46. The monoisotopic (exact) mass is 335 g/mol. The maximum Gasteiger partial charge on any atom is 0.316 e. The molecular formula is C17H29N5O2. The highest BCUT2D eigenvalue weighted by Crippen LogP contribution is 2.36. The fourth-order valence-electron chi connectivity index (χ4n) is 3.80. The van der Waals surface area contributed by atoms with E-state index in [-0.39, 0.29) is 17.7 Å². The van der Waals surface area contributed by atoms with Crippen molar-refractivity contribution in [3.63, 3.8) is 0 Å². The van der Waals surface area contributed by atoms with E-state index in [1.165, 1.54) is 12.0 Å². The van der Waals surface area contributed by atoms with Crippen LogP contribution in [0.4, 0.5) is 4.79 Å². The minimum atomic E-state index is -0.0529. The Hall–Kier alpha value is -1.60. The molecule has 7 nitrogen and oxygen atoms in total. The number of rotatable bonds is 4. The Morgan fingerprint density at radius 2 is 2.33 bits per heavy atom. The number of nitrogens with one attached hydrogen (secondary N) is 1. The van der Waals surface area contributed by atoms with Crippen LogP contribution >= 0.6 is 0 Å². The molecular weight excluding hydrogens is 306 g/mol. The van der Waals surface area contributed by atoms with E-state index in [1.807, 2.05) is 17.9 Å². The van der Waals surface area contributed by atoms with Gasteiger partial charge in [-0.1, -0.05) is 0 Å². The molecule has 0 aliphatic carbocycles. The van der Waals surface area contributed by atoms with Crippen molar-refractivity contribution in [3.8, 4) is 0 Å². The summed E-state index contributed by atoms with van der Waals surface area (Å²) in [5, 5.41) is 7.19. The van der Waals surface area contributed by atoms with Crippen LogP contribution in [0.15, 0.2) is 12.4 Å². The first-order valence-corrected chi connectivity index (χ1v) is 8.79. The standard InChI is InChI=1S/C17H29N5O2/c1-20(2)16(23)18-10-15-5-4-6-17(24-15)7-8-22(13-17)12-14-9-19-21(3)11-14/h9,11,15H,4-8,10,12-13H2,1-3H3,(H,18,23)/t15-,17-/m0/s1. The Morgan fingerprint density at radius 3 is 3.04 bits per heavy atom. The van der Waals surface area contributed by atoms with Gasteiger partial charge in [0.05, 0.1) is 17.9 Å². The van der Waals surface area contributed by atoms with Gasteiger partial charge in [0.25, 0.3) is 0 Å². The highest BCUT2D eigenvalue weighted by Gasteiger charge is 2.42. The van der Waals surface area contributed by atoms with Crippen LogP contribution < -0.4 is 5.32 Å². The molecule has 134 valence electrons. The molecule has 1 N–H and O–H groups in total. The topological polar surface area (TPSA) is 62.6 Å². The van der Waals surface area contributed by atoms with E-state index in [4.69, 9.17) is 4.74 Å². The number of hydrogen-bond acceptors (Lipinski definition) is 4. The van der Waals surface area contributed by atoms with Crippen molar-refractivity contribution in [1.82, 2.24) is 24.9 Å². The maximum atomic E-state index is 11.7. The maximum absolute atomic E-state index is 11.7. The minimum absolute atomic E-state index is 0.0338. The average Bonchev–Trinajstić information content (AvgIpc) is 3.12. The van der Waals surface area contributed by atoms with E-state index in [0.29, 0.717) is 6.54 Å². The summed E-state index contributed by atoms with van der Waals surface area (Å²) in [4.78, 5) is 15.7. The Bertz CT molecular complexity index is 573. The van der Waals surface area contributed by atoms with Gasteiger partial charge >= 0.3 is 6.03 Å². The molecule has 2 saturated heterocycles. The number of aromatic nitrogens is 2. The summed E-state index contributed by atoms with van der Waals surface area (Å²) in [6, 6.07) is -0.0529. The summed E-state index contributed by atoms with van der Waals surface area (Å²) in [6.45, 7) is 3.56. The summed E-state index contributed by atoms with van der Waals surface area (Å²) in [5.41, 5.74) is 1.22. The molecule has 2 fully saturated rings. The molecule has 0 unspecified atom stereocenters. The van der Waals surface area contributed by atoms with Crippen LogP contribution in [-0.4, -0.2) is 71.0 Å². The van der Waals surface area contributed by atoms with Crippen molar-refractivity contribution in [2.24, 2.45) is 7.05 Å². The SMILES string of the molecule is CN(C)C(=O)NC[C@@H]1CCC[C@@]2(CCN(Cc3cnn(C)c3)C2)O1. The molecule has 2 aliphatic rings. The smallest absolute Gasteiger partial charge is 0.316 e. The van der Waals surface area contributed by atoms with E-state index in [1.54, 1.807) is 19.0 Å². The molecule has 2 amide bonds. The van der Waals surface area contributed by atoms with Crippen molar-refractivity contribution in [3.05, 3.63) is 18.0 Å². The van der Waals surface area contributed by atoms with Crippen LogP contribution in [0, 0.1) is 0 Å². The van der Waals surface area contributed by atoms with Gasteiger partial charge in [0.15, 0.2) is 0 Å². The van der Waals surface area contributed by atoms with Crippen LogP contribution in [0.3, 0.4) is 0 Å². The molecule has 0 aromatic carbocycles. The molecule has 2 atom stereocenters. The lowest BCUT2D eigenvalue weighted by molar-refractivity contribution is -0.118. The van der Waals surface area contributed by atoms with Gasteiger partial charge in [-0.2, -0.15) is 5.10 Å². The van der Waals surface area contributed by atoms with Crippen LogP contribution in [0.1, 0.15) is 31.2 Å². The fourth-order valence-corrected chi connectivity index (χ4v) is 3.80. The summed E-state index contributed by atoms with van der Waals surface area (Å²) >= 11 is 0. The zero-order valence-corrected chi connectivity index (χ0v) is 15.0. The quantitative estimate of drug-likeness (QED) is 0.898. The number of aryl methyl sites for hydroxylation is 1. The largest absolute Gasteiger partial charge is 0.369 e. The van der Waals surface area contributed by atoms with Crippen LogP contribution in [0.5, 0.6) is 0 Å². The third kappa shape index (κ3) is 4.08. The van der Waals surface area contributed by atoms with Crippen LogP contribution in [-0.2, 0) is 18.3 Å². The lowest BCUT2D eigenvalue weighted by Gasteiger charge is -2.39. The van der Waals surface area contributed by atoms with Gasteiger partial charge in [-0.15, -0.1) is 0 Å². The van der Waals surface area contributed by atoms with E-state index in [9.17, 15) is 4.79 Å². The third-order valence-corrected chi connectivity index (χ3v) is 5.02. The van der Waals surface area contributed by atoms with Gasteiger partial charge in [-0.25, -0.2) is 4.79 Å². The summed E-state index contributed by atoms with van der Waals surface area (Å²) in [5.74, 6) is 0. The highest BCUT2D eigenvalue weighted by atomic mass is 16.5. The number of carbonyl (C=O) groups is 1. The number of likely N-dealkylation sites (tertiary alicyclic amines) is 1. The van der Waals surface area contributed by atoms with E-state index >= 15 is 0 Å². The van der Waals surface area contributed by atoms with Gasteiger partial charge in [-0.05, 0) is 25.7 Å². The number of nitrogens with zero attached hydrogens (tertiary/aromatic N) is 4. The van der Waals surface area contributed by atoms with E-state index < -0.39 is 0 Å². The van der Waals surface area contributed by atoms with Gasteiger partial charge in [-0.3, -0.25) is 9.58 Å². The third-order valence-electron chi connectivity index (χ3n) is 5.02. The zero-order valence-electron chi connectivity index (χ0n) is 15.0. The molecule has 0 radical (unpaired) electrons. The first kappa shape index (κ1) is 17.2. The second-order valence-corrected chi connectivity index (χ2v) is 7.38. The number of hydrogen-bond donors (Lipinski definition) is 1. The van der Waals surface area contributed by atoms with Crippen molar-refractivity contribution in [1.29, 1.82) is 0 Å². The normalized spacial score (nSPS) is 27.5. The predicted molar refractivity (Wildman–Crippen MR) is 91.6 cm³/mol. The molecule has 7 heteroatoms. The van der Waals surface area contributed by atoms with Crippen LogP contribution in [0.2, 0.25) is 0 Å². The van der Waals surface area contributed by atoms with Crippen molar-refractivity contribution in [2.45, 2.75) is 43.9 Å². The van der Waals surface area contributed by atoms with Crippen molar-refractivity contribution < 1.29 is 9.53 Å². The molecule has 0 bridgehead atoms. The number of carbonyl (C=O) groups excluding carboxylic acids is 1. The molecule has 1 spiro atoms. The lowest BCUT2D eigenvalue weighted by atomic mass is 9.90. The Labute approximate surface area is 143 Å². The molecule has 24 heavy (non-hydrogen) atoms. The zero-order chi connectivity index (χ0) is 17.2. The lowest BCUT2D eigenvalue weighted by Crippen LogP contribution is -2.48. The van der Waals surface area contributed by atoms with Gasteiger partial charge in [0.1, 0.15) is 0 Å². The average molecular weight is 335 g/mol. The molecule has 2 aliphatic heterocycles. The number of amides is 2. The van der Waals surface area contributed by atoms with Gasteiger partial charge in [0, 0.05) is 59.1 Å². The predicted octanol–water partition coefficient (Wildman–Crippen LogP) is 1.20.